The summed E-state index contributed by atoms with van der Waals surface area (Å²) in [5, 5.41) is 3.81. The maximum absolute atomic E-state index is 3.81. The van der Waals surface area contributed by atoms with Gasteiger partial charge in [0, 0.05) is 12.1 Å². The fraction of sp³-hybridized carbons (Fsp3) is 1.00. The smallest absolute Gasteiger partial charge is 0.00953 e. The predicted octanol–water partition coefficient (Wildman–Crippen LogP) is 3.54. The molecule has 1 aliphatic carbocycles. The highest BCUT2D eigenvalue weighted by molar-refractivity contribution is 7.98. The van der Waals surface area contributed by atoms with Gasteiger partial charge >= 0.3 is 0 Å². The van der Waals surface area contributed by atoms with Crippen LogP contribution < -0.4 is 5.32 Å². The second-order valence-electron chi connectivity index (χ2n) is 5.35. The van der Waals surface area contributed by atoms with Gasteiger partial charge in [-0.15, -0.1) is 0 Å². The van der Waals surface area contributed by atoms with E-state index in [0.29, 0.717) is 6.04 Å². The average Bonchev–Trinajstić information content (AvgIpc) is 2.19. The van der Waals surface area contributed by atoms with Gasteiger partial charge in [-0.25, -0.2) is 0 Å². The van der Waals surface area contributed by atoms with Crippen LogP contribution in [0.25, 0.3) is 0 Å². The molecule has 0 heterocycles. The van der Waals surface area contributed by atoms with Crippen molar-refractivity contribution >= 4 is 11.8 Å². The van der Waals surface area contributed by atoms with Crippen molar-refractivity contribution < 1.29 is 0 Å². The normalized spacial score (nSPS) is 34.0. The maximum atomic E-state index is 3.81. The summed E-state index contributed by atoms with van der Waals surface area (Å²) in [7, 11) is 0. The third kappa shape index (κ3) is 4.78. The fourth-order valence-corrected chi connectivity index (χ4v) is 3.25. The molecule has 0 aromatic heterocycles. The highest BCUT2D eigenvalue weighted by atomic mass is 32.2. The number of hydrogen-bond acceptors (Lipinski definition) is 2. The number of nitrogens with one attached hydrogen (secondary N) is 1. The number of hydrogen-bond donors (Lipinski definition) is 1. The van der Waals surface area contributed by atoms with Crippen molar-refractivity contribution in [2.24, 2.45) is 11.8 Å². The van der Waals surface area contributed by atoms with Gasteiger partial charge in [0.05, 0.1) is 0 Å². The van der Waals surface area contributed by atoms with E-state index in [1.165, 1.54) is 31.4 Å². The second-order valence-corrected chi connectivity index (χ2v) is 6.34. The van der Waals surface area contributed by atoms with Crippen LogP contribution in [-0.2, 0) is 0 Å². The minimum absolute atomic E-state index is 0.693. The Labute approximate surface area is 99.8 Å². The first-order valence-corrected chi connectivity index (χ1v) is 7.77. The van der Waals surface area contributed by atoms with Crippen LogP contribution >= 0.6 is 11.8 Å². The van der Waals surface area contributed by atoms with Gasteiger partial charge < -0.3 is 5.32 Å². The Bertz CT molecular complexity index is 172. The number of rotatable bonds is 5. The van der Waals surface area contributed by atoms with Gasteiger partial charge in [0.1, 0.15) is 0 Å². The first kappa shape index (κ1) is 13.4. The summed E-state index contributed by atoms with van der Waals surface area (Å²) in [5.41, 5.74) is 0. The highest BCUT2D eigenvalue weighted by Gasteiger charge is 2.25. The molecule has 0 radical (unpaired) electrons. The lowest BCUT2D eigenvalue weighted by Gasteiger charge is -2.35. The van der Waals surface area contributed by atoms with Crippen molar-refractivity contribution in [2.45, 2.75) is 58.5 Å². The molecular weight excluding hydrogens is 202 g/mol. The molecular formula is C13H27NS. The van der Waals surface area contributed by atoms with Crippen molar-refractivity contribution in [3.63, 3.8) is 0 Å². The van der Waals surface area contributed by atoms with Crippen molar-refractivity contribution in [3.05, 3.63) is 0 Å². The molecule has 15 heavy (non-hydrogen) atoms. The Morgan fingerprint density at radius 1 is 1.33 bits per heavy atom. The minimum Gasteiger partial charge on any atom is -0.311 e. The van der Waals surface area contributed by atoms with E-state index in [9.17, 15) is 0 Å². The van der Waals surface area contributed by atoms with E-state index in [1.54, 1.807) is 0 Å². The fourth-order valence-electron chi connectivity index (χ4n) is 2.66. The standard InChI is InChI=1S/C13H27NS/c1-10-5-6-13(11(2)9-10)14-12(3)7-8-15-4/h10-14H,5-9H2,1-4H3. The van der Waals surface area contributed by atoms with E-state index in [1.807, 2.05) is 11.8 Å². The van der Waals surface area contributed by atoms with Gasteiger partial charge in [0.2, 0.25) is 0 Å². The molecule has 0 saturated heterocycles. The Hall–Kier alpha value is 0.310. The zero-order chi connectivity index (χ0) is 11.3. The van der Waals surface area contributed by atoms with Crippen molar-refractivity contribution in [2.75, 3.05) is 12.0 Å². The van der Waals surface area contributed by atoms with Crippen LogP contribution in [0.15, 0.2) is 0 Å². The third-order valence-corrected chi connectivity index (χ3v) is 4.33. The lowest BCUT2D eigenvalue weighted by atomic mass is 9.79. The predicted molar refractivity (Wildman–Crippen MR) is 71.6 cm³/mol. The van der Waals surface area contributed by atoms with Crippen LogP contribution in [0.3, 0.4) is 0 Å². The van der Waals surface area contributed by atoms with Crippen LogP contribution in [0.1, 0.15) is 46.5 Å². The van der Waals surface area contributed by atoms with Crippen molar-refractivity contribution in [1.29, 1.82) is 0 Å². The molecule has 1 nitrogen and oxygen atoms in total. The van der Waals surface area contributed by atoms with Crippen LogP contribution in [0.4, 0.5) is 0 Å². The lowest BCUT2D eigenvalue weighted by Crippen LogP contribution is -2.43. The summed E-state index contributed by atoms with van der Waals surface area (Å²) < 4.78 is 0. The van der Waals surface area contributed by atoms with Crippen LogP contribution in [0, 0.1) is 11.8 Å². The summed E-state index contributed by atoms with van der Waals surface area (Å²) in [6.45, 7) is 7.14. The third-order valence-electron chi connectivity index (χ3n) is 3.69. The zero-order valence-corrected chi connectivity index (χ0v) is 11.6. The first-order chi connectivity index (χ1) is 7.13. The van der Waals surface area contributed by atoms with E-state index in [-0.39, 0.29) is 0 Å². The molecule has 0 aromatic carbocycles. The lowest BCUT2D eigenvalue weighted by molar-refractivity contribution is 0.215. The highest BCUT2D eigenvalue weighted by Crippen LogP contribution is 2.28. The molecule has 4 atom stereocenters. The Kier molecular flexibility index (Phi) is 6.06. The van der Waals surface area contributed by atoms with Gasteiger partial charge in [0.25, 0.3) is 0 Å². The largest absolute Gasteiger partial charge is 0.311 e. The quantitative estimate of drug-likeness (QED) is 0.774. The van der Waals surface area contributed by atoms with E-state index in [2.05, 4.69) is 32.3 Å². The van der Waals surface area contributed by atoms with E-state index in [0.717, 1.165) is 17.9 Å². The van der Waals surface area contributed by atoms with Crippen LogP contribution in [-0.4, -0.2) is 24.1 Å². The minimum atomic E-state index is 0.693. The molecule has 1 aliphatic rings. The summed E-state index contributed by atoms with van der Waals surface area (Å²) in [5.74, 6) is 3.09. The van der Waals surface area contributed by atoms with Gasteiger partial charge in [-0.1, -0.05) is 13.8 Å². The summed E-state index contributed by atoms with van der Waals surface area (Å²) in [6.07, 6.45) is 7.70. The maximum Gasteiger partial charge on any atom is 0.00953 e. The zero-order valence-electron chi connectivity index (χ0n) is 10.8. The Balaban J connectivity index is 2.25. The van der Waals surface area contributed by atoms with Crippen molar-refractivity contribution in [1.82, 2.24) is 5.32 Å². The second kappa shape index (κ2) is 6.80. The molecule has 0 amide bonds. The van der Waals surface area contributed by atoms with Crippen molar-refractivity contribution in [3.8, 4) is 0 Å². The van der Waals surface area contributed by atoms with Crippen LogP contribution in [0.2, 0.25) is 0 Å². The van der Waals surface area contributed by atoms with E-state index >= 15 is 0 Å². The molecule has 1 saturated carbocycles. The van der Waals surface area contributed by atoms with E-state index < -0.39 is 0 Å². The molecule has 2 heteroatoms. The topological polar surface area (TPSA) is 12.0 Å². The number of thioether (sulfide) groups is 1. The van der Waals surface area contributed by atoms with E-state index in [4.69, 9.17) is 0 Å². The molecule has 1 rings (SSSR count). The summed E-state index contributed by atoms with van der Waals surface area (Å²) in [4.78, 5) is 0. The molecule has 90 valence electrons. The Morgan fingerprint density at radius 2 is 2.07 bits per heavy atom. The molecule has 4 unspecified atom stereocenters. The van der Waals surface area contributed by atoms with Gasteiger partial charge in [-0.2, -0.15) is 11.8 Å². The molecule has 0 bridgehead atoms. The summed E-state index contributed by atoms with van der Waals surface area (Å²) in [6, 6.07) is 1.47. The molecule has 0 aliphatic heterocycles. The van der Waals surface area contributed by atoms with Gasteiger partial charge in [-0.3, -0.25) is 0 Å². The average molecular weight is 229 g/mol. The SMILES string of the molecule is CSCCC(C)NC1CCC(C)CC1C. The molecule has 1 fully saturated rings. The van der Waals surface area contributed by atoms with Crippen LogP contribution in [0.5, 0.6) is 0 Å². The monoisotopic (exact) mass is 229 g/mol. The first-order valence-electron chi connectivity index (χ1n) is 6.38. The Morgan fingerprint density at radius 3 is 2.67 bits per heavy atom. The molecule has 1 N–H and O–H groups in total. The molecule has 0 aromatic rings. The molecule has 0 spiro atoms. The summed E-state index contributed by atoms with van der Waals surface area (Å²) >= 11 is 1.95. The van der Waals surface area contributed by atoms with Gasteiger partial charge in [0.15, 0.2) is 0 Å². The van der Waals surface area contributed by atoms with Gasteiger partial charge in [-0.05, 0) is 56.5 Å².